The maximum absolute atomic E-state index is 13.2. The third-order valence-electron chi connectivity index (χ3n) is 11.5. The van der Waals surface area contributed by atoms with Crippen molar-refractivity contribution in [2.24, 2.45) is 0 Å². The Kier molecular flexibility index (Phi) is 49.3. The molecule has 0 fully saturated rings. The van der Waals surface area contributed by atoms with E-state index in [-0.39, 0.29) is 24.9 Å². The molecule has 1 amide bonds. The second-order valence-electron chi connectivity index (χ2n) is 17.8. The number of unbranched alkanes of at least 4 members (excludes halogenated alkanes) is 22. The largest absolute Gasteiger partial charge is 0.462 e. The predicted octanol–water partition coefficient (Wildman–Crippen LogP) is 16.5. The van der Waals surface area contributed by atoms with Gasteiger partial charge in [-0.05, 0) is 64.2 Å². The van der Waals surface area contributed by atoms with Gasteiger partial charge in [0.25, 0.3) is 0 Å². The van der Waals surface area contributed by atoms with Crippen LogP contribution in [0.5, 0.6) is 0 Å². The van der Waals surface area contributed by atoms with E-state index in [4.69, 9.17) is 4.74 Å². The van der Waals surface area contributed by atoms with Crippen molar-refractivity contribution >= 4 is 11.9 Å². The van der Waals surface area contributed by atoms with E-state index in [0.717, 1.165) is 83.5 Å². The molecule has 6 nitrogen and oxygen atoms in total. The van der Waals surface area contributed by atoms with Crippen molar-refractivity contribution in [1.29, 1.82) is 0 Å². The summed E-state index contributed by atoms with van der Waals surface area (Å²) in [6.45, 7) is 6.27. The number of esters is 1. The van der Waals surface area contributed by atoms with Gasteiger partial charge in [0.05, 0.1) is 25.2 Å². The van der Waals surface area contributed by atoms with Crippen molar-refractivity contribution < 1.29 is 24.5 Å². The van der Waals surface area contributed by atoms with Crippen LogP contribution in [0, 0.1) is 0 Å². The minimum atomic E-state index is -0.821. The summed E-state index contributed by atoms with van der Waals surface area (Å²) in [6, 6.07) is -0.740. The highest BCUT2D eigenvalue weighted by molar-refractivity contribution is 5.77. The zero-order valence-electron chi connectivity index (χ0n) is 42.5. The Balaban J connectivity index is 4.78. The van der Waals surface area contributed by atoms with Crippen LogP contribution in [-0.2, 0) is 14.3 Å². The van der Waals surface area contributed by atoms with Crippen molar-refractivity contribution in [2.75, 3.05) is 6.61 Å². The van der Waals surface area contributed by atoms with Crippen molar-refractivity contribution in [3.8, 4) is 0 Å². The summed E-state index contributed by atoms with van der Waals surface area (Å²) in [6.07, 6.45) is 72.5. The Morgan fingerprint density at radius 3 is 1.30 bits per heavy atom. The Morgan fingerprint density at radius 2 is 0.833 bits per heavy atom. The van der Waals surface area contributed by atoms with Crippen LogP contribution < -0.4 is 5.32 Å². The average Bonchev–Trinajstić information content (AvgIpc) is 3.31. The van der Waals surface area contributed by atoms with Gasteiger partial charge in [-0.25, -0.2) is 0 Å². The molecule has 0 rings (SSSR count). The highest BCUT2D eigenvalue weighted by atomic mass is 16.5. The molecule has 0 spiro atoms. The number of rotatable bonds is 46. The number of hydrogen-bond donors (Lipinski definition) is 3. The van der Waals surface area contributed by atoms with Crippen molar-refractivity contribution in [2.45, 2.75) is 238 Å². The van der Waals surface area contributed by atoms with Crippen molar-refractivity contribution in [1.82, 2.24) is 5.32 Å². The maximum atomic E-state index is 13.2. The lowest BCUT2D eigenvalue weighted by Crippen LogP contribution is -2.46. The van der Waals surface area contributed by atoms with Crippen molar-refractivity contribution in [3.63, 3.8) is 0 Å². The van der Waals surface area contributed by atoms with Crippen LogP contribution in [0.25, 0.3) is 0 Å². The van der Waals surface area contributed by atoms with Gasteiger partial charge in [-0.15, -0.1) is 0 Å². The lowest BCUT2D eigenvalue weighted by Gasteiger charge is -2.24. The van der Waals surface area contributed by atoms with Crippen LogP contribution in [0.3, 0.4) is 0 Å². The van der Waals surface area contributed by atoms with E-state index in [9.17, 15) is 19.8 Å². The zero-order chi connectivity index (χ0) is 48.1. The summed E-state index contributed by atoms with van der Waals surface area (Å²) in [7, 11) is 0. The second kappa shape index (κ2) is 52.2. The fourth-order valence-electron chi connectivity index (χ4n) is 7.48. The monoisotopic (exact) mass is 914 g/mol. The Morgan fingerprint density at radius 1 is 0.455 bits per heavy atom. The molecule has 3 N–H and O–H groups in total. The number of allylic oxidation sites excluding steroid dienone is 20. The van der Waals surface area contributed by atoms with Crippen LogP contribution in [0.2, 0.25) is 0 Å². The molecule has 0 heterocycles. The fraction of sp³-hybridized carbons (Fsp3) is 0.633. The smallest absolute Gasteiger partial charge is 0.306 e. The summed E-state index contributed by atoms with van der Waals surface area (Å²) in [5, 5.41) is 23.8. The summed E-state index contributed by atoms with van der Waals surface area (Å²) in [5.74, 6) is -0.585. The normalized spacial score (nSPS) is 14.2. The first-order valence-electron chi connectivity index (χ1n) is 26.9. The van der Waals surface area contributed by atoms with Gasteiger partial charge in [-0.1, -0.05) is 264 Å². The number of ether oxygens (including phenoxy) is 1. The molecule has 0 bridgehead atoms. The summed E-state index contributed by atoms with van der Waals surface area (Å²) >= 11 is 0. The van der Waals surface area contributed by atoms with Crippen LogP contribution in [0.1, 0.15) is 220 Å². The van der Waals surface area contributed by atoms with Gasteiger partial charge >= 0.3 is 5.97 Å². The Labute approximate surface area is 406 Å². The summed E-state index contributed by atoms with van der Waals surface area (Å²) < 4.78 is 5.90. The fourth-order valence-corrected chi connectivity index (χ4v) is 7.48. The van der Waals surface area contributed by atoms with Gasteiger partial charge in [0.15, 0.2) is 0 Å². The molecule has 0 aliphatic carbocycles. The lowest BCUT2D eigenvalue weighted by atomic mass is 10.0. The summed E-state index contributed by atoms with van der Waals surface area (Å²) in [5.41, 5.74) is 0. The van der Waals surface area contributed by atoms with Crippen molar-refractivity contribution in [3.05, 3.63) is 122 Å². The first-order chi connectivity index (χ1) is 32.5. The molecule has 6 heteroatoms. The molecular formula is C60H99NO5. The molecule has 3 unspecified atom stereocenters. The first-order valence-corrected chi connectivity index (χ1v) is 26.9. The Hall–Kier alpha value is -3.74. The lowest BCUT2D eigenvalue weighted by molar-refractivity contribution is -0.151. The van der Waals surface area contributed by atoms with Gasteiger partial charge < -0.3 is 20.3 Å². The third-order valence-corrected chi connectivity index (χ3v) is 11.5. The number of carbonyl (C=O) groups excluding carboxylic acids is 2. The second-order valence-corrected chi connectivity index (χ2v) is 17.8. The van der Waals surface area contributed by atoms with Gasteiger partial charge in [0, 0.05) is 6.42 Å². The zero-order valence-corrected chi connectivity index (χ0v) is 42.5. The molecule has 0 aliphatic heterocycles. The van der Waals surface area contributed by atoms with Gasteiger partial charge in [-0.3, -0.25) is 9.59 Å². The first kappa shape index (κ1) is 62.3. The highest BCUT2D eigenvalue weighted by Crippen LogP contribution is 2.17. The molecule has 374 valence electrons. The standard InChI is InChI=1S/C60H99NO5/c1-4-7-10-13-16-19-22-25-28-29-30-32-35-38-41-44-47-50-53-60(65)66-56(51-48-45-42-39-36-33-31-26-23-20-17-14-11-8-5-2)54-59(64)61-57(55-62)58(63)52-49-46-43-40-37-34-27-24-21-18-15-12-9-6-3/h8,11,14,16-17,19-20,22-23,25-26,28-33,36,39,42,56-58,62-63H,4-7,9-10,12-13,15,18,21,24,27,34-35,37-38,40-41,43-55H2,1-3H3,(H,61,64)/b11-8-,17-14+,19-16+,23-20+,25-22+,29-28+,31-26-,32-30+,36-33+,42-39+. The minimum absolute atomic E-state index is 0.00892. The molecule has 3 atom stereocenters. The highest BCUT2D eigenvalue weighted by Gasteiger charge is 2.24. The number of nitrogens with one attached hydrogen (secondary N) is 1. The third kappa shape index (κ3) is 46.8. The topological polar surface area (TPSA) is 95.9 Å². The number of carbonyl (C=O) groups is 2. The average molecular weight is 914 g/mol. The van der Waals surface area contributed by atoms with Crippen LogP contribution in [0.15, 0.2) is 122 Å². The number of hydrogen-bond acceptors (Lipinski definition) is 5. The number of aliphatic hydroxyl groups is 2. The molecule has 0 saturated carbocycles. The molecule has 0 aromatic heterocycles. The molecule has 66 heavy (non-hydrogen) atoms. The van der Waals surface area contributed by atoms with E-state index >= 15 is 0 Å². The van der Waals surface area contributed by atoms with Gasteiger partial charge in [-0.2, -0.15) is 0 Å². The number of amides is 1. The predicted molar refractivity (Wildman–Crippen MR) is 286 cm³/mol. The molecule has 0 aliphatic rings. The van der Waals surface area contributed by atoms with E-state index < -0.39 is 18.2 Å². The van der Waals surface area contributed by atoms with Gasteiger partial charge in [0.1, 0.15) is 6.10 Å². The van der Waals surface area contributed by atoms with E-state index in [1.54, 1.807) is 0 Å². The molecule has 0 aromatic rings. The molecule has 0 saturated heterocycles. The molecule has 0 radical (unpaired) electrons. The van der Waals surface area contributed by atoms with E-state index in [1.807, 2.05) is 60.8 Å². The number of aliphatic hydroxyl groups excluding tert-OH is 2. The van der Waals surface area contributed by atoms with Crippen LogP contribution >= 0.6 is 0 Å². The van der Waals surface area contributed by atoms with Gasteiger partial charge in [0.2, 0.25) is 5.91 Å². The van der Waals surface area contributed by atoms with E-state index in [1.165, 1.54) is 89.9 Å². The van der Waals surface area contributed by atoms with E-state index in [0.29, 0.717) is 19.3 Å². The quantitative estimate of drug-likeness (QED) is 0.0321. The molecular weight excluding hydrogens is 815 g/mol. The summed E-state index contributed by atoms with van der Waals surface area (Å²) in [4.78, 5) is 26.2. The van der Waals surface area contributed by atoms with Crippen LogP contribution in [0.4, 0.5) is 0 Å². The molecule has 0 aromatic carbocycles. The maximum Gasteiger partial charge on any atom is 0.306 e. The minimum Gasteiger partial charge on any atom is -0.462 e. The van der Waals surface area contributed by atoms with E-state index in [2.05, 4.69) is 86.8 Å². The SMILES string of the molecule is CC\C=C/C=C/C=C/C=C\C=C\C=C\CCCC(CC(=O)NC(CO)C(O)CCCCCCCCCCCCCCCC)OC(=O)CCCCCCC/C=C/C=C/C=C/C=C/CCCCC. The Bertz CT molecular complexity index is 1390. The van der Waals surface area contributed by atoms with Crippen LogP contribution in [-0.4, -0.2) is 46.9 Å².